The third-order valence-corrected chi connectivity index (χ3v) is 1.71. The van der Waals surface area contributed by atoms with E-state index < -0.39 is 11.8 Å². The largest absolute Gasteiger partial charge is 0.481 e. The van der Waals surface area contributed by atoms with Gasteiger partial charge in [-0.15, -0.1) is 0 Å². The average Bonchev–Trinajstić information content (AvgIpc) is 2.20. The van der Waals surface area contributed by atoms with Gasteiger partial charge < -0.3 is 5.11 Å². The molecule has 76 valence electrons. The number of nitriles is 1. The van der Waals surface area contributed by atoms with Crippen LogP contribution < -0.4 is 0 Å². The Morgan fingerprint density at radius 1 is 1.60 bits per heavy atom. The Balaban J connectivity index is 2.89. The highest BCUT2D eigenvalue weighted by atomic mass is 19.1. The minimum absolute atomic E-state index is 0.170. The van der Waals surface area contributed by atoms with E-state index in [9.17, 15) is 9.18 Å². The number of carbonyl (C=O) groups is 1. The zero-order valence-corrected chi connectivity index (χ0v) is 7.77. The van der Waals surface area contributed by atoms with Crippen LogP contribution in [0.4, 0.5) is 4.39 Å². The number of halogens is 1. The number of rotatable bonds is 3. The van der Waals surface area contributed by atoms with Gasteiger partial charge in [-0.2, -0.15) is 5.26 Å². The van der Waals surface area contributed by atoms with Crippen molar-refractivity contribution in [3.63, 3.8) is 0 Å². The Morgan fingerprint density at radius 2 is 2.33 bits per heavy atom. The van der Waals surface area contributed by atoms with Crippen LogP contribution in [0, 0.1) is 17.1 Å². The maximum atomic E-state index is 13.1. The van der Waals surface area contributed by atoms with Crippen LogP contribution in [0.25, 0.3) is 6.08 Å². The molecule has 3 nitrogen and oxygen atoms in total. The molecule has 0 saturated carbocycles. The van der Waals surface area contributed by atoms with Gasteiger partial charge in [0.25, 0.3) is 0 Å². The lowest BCUT2D eigenvalue weighted by Gasteiger charge is -1.96. The van der Waals surface area contributed by atoms with Crippen molar-refractivity contribution in [2.24, 2.45) is 0 Å². The summed E-state index contributed by atoms with van der Waals surface area (Å²) in [5.41, 5.74) is 0.557. The van der Waals surface area contributed by atoms with Gasteiger partial charge in [0.2, 0.25) is 0 Å². The van der Waals surface area contributed by atoms with Crippen molar-refractivity contribution in [1.82, 2.24) is 0 Å². The molecule has 4 heteroatoms. The fraction of sp³-hybridized carbons (Fsp3) is 0.0909. The third kappa shape index (κ3) is 3.24. The molecule has 15 heavy (non-hydrogen) atoms. The normalized spacial score (nSPS) is 10.1. The van der Waals surface area contributed by atoms with E-state index in [0.717, 1.165) is 0 Å². The minimum Gasteiger partial charge on any atom is -0.481 e. The molecule has 0 bridgehead atoms. The highest BCUT2D eigenvalue weighted by Gasteiger charge is 2.00. The first kappa shape index (κ1) is 10.9. The van der Waals surface area contributed by atoms with E-state index in [4.69, 9.17) is 10.4 Å². The van der Waals surface area contributed by atoms with Gasteiger partial charge in [0.1, 0.15) is 5.82 Å². The number of hydrogen-bond acceptors (Lipinski definition) is 2. The van der Waals surface area contributed by atoms with E-state index in [1.807, 2.05) is 6.07 Å². The zero-order chi connectivity index (χ0) is 11.3. The zero-order valence-electron chi connectivity index (χ0n) is 7.77. The lowest BCUT2D eigenvalue weighted by molar-refractivity contribution is -0.135. The first-order chi connectivity index (χ1) is 7.13. The summed E-state index contributed by atoms with van der Waals surface area (Å²) in [6.45, 7) is 0. The van der Waals surface area contributed by atoms with Gasteiger partial charge in [-0.3, -0.25) is 4.79 Å². The summed E-state index contributed by atoms with van der Waals surface area (Å²) in [7, 11) is 0. The van der Waals surface area contributed by atoms with E-state index in [-0.39, 0.29) is 12.0 Å². The molecule has 0 radical (unpaired) electrons. The standard InChI is InChI=1S/C11H8FNO2/c12-10-5-4-8(7-13)6-9(10)2-1-3-11(14)15/h1-2,4-6H,3H2,(H,14,15). The monoisotopic (exact) mass is 205 g/mol. The molecule has 1 N–H and O–H groups in total. The van der Waals surface area contributed by atoms with Crippen LogP contribution in [0.5, 0.6) is 0 Å². The van der Waals surface area contributed by atoms with Gasteiger partial charge in [0, 0.05) is 5.56 Å². The predicted octanol–water partition coefficient (Wildman–Crippen LogP) is 2.19. The summed E-state index contributed by atoms with van der Waals surface area (Å²) in [4.78, 5) is 10.2. The molecular formula is C11H8FNO2. The maximum absolute atomic E-state index is 13.1. The second kappa shape index (κ2) is 4.91. The Labute approximate surface area is 86.1 Å². The first-order valence-electron chi connectivity index (χ1n) is 4.21. The Morgan fingerprint density at radius 3 is 2.93 bits per heavy atom. The summed E-state index contributed by atoms with van der Waals surface area (Å²) in [5.74, 6) is -1.46. The van der Waals surface area contributed by atoms with Crippen LogP contribution in [0.1, 0.15) is 17.5 Å². The fourth-order valence-electron chi connectivity index (χ4n) is 1.03. The van der Waals surface area contributed by atoms with E-state index in [1.54, 1.807) is 0 Å². The number of hydrogen-bond donors (Lipinski definition) is 1. The van der Waals surface area contributed by atoms with Crippen LogP contribution in [-0.4, -0.2) is 11.1 Å². The topological polar surface area (TPSA) is 61.1 Å². The van der Waals surface area contributed by atoms with Crippen molar-refractivity contribution in [3.8, 4) is 6.07 Å². The Kier molecular flexibility index (Phi) is 3.58. The van der Waals surface area contributed by atoms with Gasteiger partial charge >= 0.3 is 5.97 Å². The lowest BCUT2D eigenvalue weighted by atomic mass is 10.1. The van der Waals surface area contributed by atoms with Crippen molar-refractivity contribution in [2.45, 2.75) is 6.42 Å². The quantitative estimate of drug-likeness (QED) is 0.822. The van der Waals surface area contributed by atoms with Gasteiger partial charge in [-0.1, -0.05) is 12.2 Å². The second-order valence-electron chi connectivity index (χ2n) is 2.85. The highest BCUT2D eigenvalue weighted by Crippen LogP contribution is 2.12. The van der Waals surface area contributed by atoms with E-state index in [0.29, 0.717) is 5.56 Å². The molecule has 0 amide bonds. The predicted molar refractivity (Wildman–Crippen MR) is 52.4 cm³/mol. The third-order valence-electron chi connectivity index (χ3n) is 1.71. The lowest BCUT2D eigenvalue weighted by Crippen LogP contribution is -1.90. The van der Waals surface area contributed by atoms with Crippen LogP contribution in [0.15, 0.2) is 24.3 Å². The van der Waals surface area contributed by atoms with Gasteiger partial charge in [-0.25, -0.2) is 4.39 Å². The molecular weight excluding hydrogens is 197 g/mol. The molecule has 1 aromatic rings. The fourth-order valence-corrected chi connectivity index (χ4v) is 1.03. The van der Waals surface area contributed by atoms with Crippen LogP contribution >= 0.6 is 0 Å². The van der Waals surface area contributed by atoms with E-state index >= 15 is 0 Å². The summed E-state index contributed by atoms with van der Waals surface area (Å²) < 4.78 is 13.1. The molecule has 0 atom stereocenters. The van der Waals surface area contributed by atoms with Crippen molar-refractivity contribution in [1.29, 1.82) is 5.26 Å². The number of carboxylic acids is 1. The molecule has 0 fully saturated rings. The average molecular weight is 205 g/mol. The number of nitrogens with zero attached hydrogens (tertiary/aromatic N) is 1. The minimum atomic E-state index is -0.983. The van der Waals surface area contributed by atoms with Crippen molar-refractivity contribution in [2.75, 3.05) is 0 Å². The molecule has 0 aliphatic carbocycles. The molecule has 0 unspecified atom stereocenters. The molecule has 0 spiro atoms. The van der Waals surface area contributed by atoms with Crippen LogP contribution in [-0.2, 0) is 4.79 Å². The SMILES string of the molecule is N#Cc1ccc(F)c(C=CCC(=O)O)c1. The van der Waals surface area contributed by atoms with Crippen LogP contribution in [0.3, 0.4) is 0 Å². The smallest absolute Gasteiger partial charge is 0.307 e. The second-order valence-corrected chi connectivity index (χ2v) is 2.85. The number of aliphatic carboxylic acids is 1. The summed E-state index contributed by atoms with van der Waals surface area (Å²) in [6.07, 6.45) is 2.52. The molecule has 0 aliphatic heterocycles. The van der Waals surface area contributed by atoms with Gasteiger partial charge in [-0.05, 0) is 18.2 Å². The molecule has 1 aromatic carbocycles. The Hall–Kier alpha value is -2.15. The van der Waals surface area contributed by atoms with E-state index in [2.05, 4.69) is 0 Å². The molecule has 0 aliphatic rings. The molecule has 0 aromatic heterocycles. The van der Waals surface area contributed by atoms with E-state index in [1.165, 1.54) is 30.4 Å². The van der Waals surface area contributed by atoms with Crippen LogP contribution in [0.2, 0.25) is 0 Å². The Bertz CT molecular complexity index is 446. The number of benzene rings is 1. The molecule has 0 saturated heterocycles. The van der Waals surface area contributed by atoms with Crippen molar-refractivity contribution < 1.29 is 14.3 Å². The first-order valence-corrected chi connectivity index (χ1v) is 4.21. The summed E-state index contributed by atoms with van der Waals surface area (Å²) >= 11 is 0. The summed E-state index contributed by atoms with van der Waals surface area (Å²) in [6, 6.07) is 5.79. The van der Waals surface area contributed by atoms with Gasteiger partial charge in [0.05, 0.1) is 18.1 Å². The summed E-state index contributed by atoms with van der Waals surface area (Å²) in [5, 5.41) is 16.9. The molecule has 1 rings (SSSR count). The van der Waals surface area contributed by atoms with Gasteiger partial charge in [0.15, 0.2) is 0 Å². The maximum Gasteiger partial charge on any atom is 0.307 e. The van der Waals surface area contributed by atoms with Crippen molar-refractivity contribution >= 4 is 12.0 Å². The number of carboxylic acid groups (broad SMARTS) is 1. The van der Waals surface area contributed by atoms with Crippen molar-refractivity contribution in [3.05, 3.63) is 41.2 Å². The molecule has 0 heterocycles. The highest BCUT2D eigenvalue weighted by molar-refractivity contribution is 5.70.